The molecule has 108 valence electrons. The van der Waals surface area contributed by atoms with Crippen LogP contribution in [0.5, 0.6) is 0 Å². The number of aromatic amines is 1. The summed E-state index contributed by atoms with van der Waals surface area (Å²) >= 11 is 1.68. The van der Waals surface area contributed by atoms with E-state index in [0.717, 1.165) is 36.9 Å². The number of anilines is 1. The first-order valence-corrected chi connectivity index (χ1v) is 7.96. The van der Waals surface area contributed by atoms with Crippen molar-refractivity contribution in [2.24, 2.45) is 0 Å². The Labute approximate surface area is 124 Å². The normalized spacial score (nSPS) is 14.3. The summed E-state index contributed by atoms with van der Waals surface area (Å²) in [5.74, 6) is 1.03. The van der Waals surface area contributed by atoms with Crippen molar-refractivity contribution in [1.82, 2.24) is 19.6 Å². The largest absolute Gasteiger partial charge is 0.350 e. The van der Waals surface area contributed by atoms with Crippen LogP contribution >= 0.6 is 11.3 Å². The molecule has 0 atom stereocenters. The molecule has 0 spiro atoms. The zero-order chi connectivity index (χ0) is 14.2. The van der Waals surface area contributed by atoms with Crippen molar-refractivity contribution in [2.75, 3.05) is 5.32 Å². The first kappa shape index (κ1) is 12.6. The van der Waals surface area contributed by atoms with Crippen molar-refractivity contribution in [3.05, 3.63) is 44.0 Å². The summed E-state index contributed by atoms with van der Waals surface area (Å²) in [5.41, 5.74) is 1.75. The second-order valence-electron chi connectivity index (χ2n) is 5.19. The van der Waals surface area contributed by atoms with E-state index in [-0.39, 0.29) is 5.56 Å². The zero-order valence-electron chi connectivity index (χ0n) is 11.4. The molecule has 21 heavy (non-hydrogen) atoms. The lowest BCUT2D eigenvalue weighted by Gasteiger charge is -2.12. The van der Waals surface area contributed by atoms with Gasteiger partial charge in [-0.25, -0.2) is 4.98 Å². The molecule has 0 saturated heterocycles. The quantitative estimate of drug-likeness (QED) is 0.775. The Hall–Kier alpha value is -2.15. The number of aryl methyl sites for hydroxylation is 1. The highest BCUT2D eigenvalue weighted by Crippen LogP contribution is 2.17. The third-order valence-electron chi connectivity index (χ3n) is 3.77. The van der Waals surface area contributed by atoms with E-state index in [1.807, 2.05) is 11.4 Å². The molecule has 0 aliphatic heterocycles. The lowest BCUT2D eigenvalue weighted by atomic mass is 9.97. The van der Waals surface area contributed by atoms with E-state index in [0.29, 0.717) is 18.3 Å². The minimum absolute atomic E-state index is 0.00799. The van der Waals surface area contributed by atoms with E-state index in [4.69, 9.17) is 0 Å². The fourth-order valence-electron chi connectivity index (χ4n) is 2.71. The third-order valence-corrected chi connectivity index (χ3v) is 4.65. The Bertz CT molecular complexity index is 833. The van der Waals surface area contributed by atoms with Crippen molar-refractivity contribution < 1.29 is 0 Å². The van der Waals surface area contributed by atoms with Gasteiger partial charge >= 0.3 is 0 Å². The molecular formula is C14H15N5OS. The number of thiophene rings is 1. The van der Waals surface area contributed by atoms with E-state index in [1.165, 1.54) is 9.39 Å². The molecule has 0 amide bonds. The van der Waals surface area contributed by atoms with E-state index >= 15 is 0 Å². The molecule has 0 saturated carbocycles. The molecule has 7 heteroatoms. The molecule has 0 fully saturated rings. The van der Waals surface area contributed by atoms with Crippen LogP contribution < -0.4 is 10.9 Å². The zero-order valence-corrected chi connectivity index (χ0v) is 12.2. The predicted molar refractivity (Wildman–Crippen MR) is 81.9 cm³/mol. The molecule has 0 radical (unpaired) electrons. The van der Waals surface area contributed by atoms with Gasteiger partial charge in [-0.05, 0) is 37.1 Å². The second-order valence-corrected chi connectivity index (χ2v) is 6.22. The Morgan fingerprint density at radius 1 is 1.33 bits per heavy atom. The predicted octanol–water partition coefficient (Wildman–Crippen LogP) is 1.97. The summed E-state index contributed by atoms with van der Waals surface area (Å²) in [4.78, 5) is 22.6. The van der Waals surface area contributed by atoms with Crippen LogP contribution in [-0.4, -0.2) is 19.6 Å². The van der Waals surface area contributed by atoms with Crippen molar-refractivity contribution in [3.63, 3.8) is 0 Å². The summed E-state index contributed by atoms with van der Waals surface area (Å²) in [6.45, 7) is 0.686. The summed E-state index contributed by atoms with van der Waals surface area (Å²) < 4.78 is 1.45. The van der Waals surface area contributed by atoms with E-state index in [2.05, 4.69) is 26.4 Å². The van der Waals surface area contributed by atoms with Gasteiger partial charge in [-0.1, -0.05) is 6.07 Å². The van der Waals surface area contributed by atoms with Gasteiger partial charge in [0.1, 0.15) is 0 Å². The SMILES string of the molecule is O=c1c2c(nc3nc(NCc4cccs4)[nH]n13)CCCC2. The Kier molecular flexibility index (Phi) is 2.99. The summed E-state index contributed by atoms with van der Waals surface area (Å²) in [6.07, 6.45) is 3.87. The minimum atomic E-state index is -0.00799. The number of hydrogen-bond donors (Lipinski definition) is 2. The molecule has 4 rings (SSSR count). The number of H-pyrrole nitrogens is 1. The standard InChI is InChI=1S/C14H15N5OS/c20-12-10-5-1-2-6-11(10)16-14-17-13(18-19(12)14)15-8-9-4-3-7-21-9/h3-4,7H,1-2,5-6,8H2,(H2,15,16,17,18). The number of hydrogen-bond acceptors (Lipinski definition) is 5. The van der Waals surface area contributed by atoms with Gasteiger partial charge in [0.25, 0.3) is 11.3 Å². The van der Waals surface area contributed by atoms with Crippen LogP contribution in [-0.2, 0) is 19.4 Å². The molecule has 1 aliphatic rings. The maximum atomic E-state index is 12.4. The molecule has 0 unspecified atom stereocenters. The Balaban J connectivity index is 1.69. The van der Waals surface area contributed by atoms with Crippen molar-refractivity contribution in [1.29, 1.82) is 0 Å². The second kappa shape index (κ2) is 5.00. The van der Waals surface area contributed by atoms with Crippen LogP contribution in [0.1, 0.15) is 29.0 Å². The third kappa shape index (κ3) is 2.23. The summed E-state index contributed by atoms with van der Waals surface area (Å²) in [5, 5.41) is 8.24. The van der Waals surface area contributed by atoms with Gasteiger partial charge in [0.2, 0.25) is 5.95 Å². The first-order valence-electron chi connectivity index (χ1n) is 7.08. The van der Waals surface area contributed by atoms with Gasteiger partial charge in [-0.15, -0.1) is 11.3 Å². The molecule has 1 aliphatic carbocycles. The lowest BCUT2D eigenvalue weighted by molar-refractivity contribution is 0.650. The monoisotopic (exact) mass is 301 g/mol. The maximum Gasteiger partial charge on any atom is 0.277 e. The molecule has 3 aromatic rings. The van der Waals surface area contributed by atoms with Gasteiger partial charge in [-0.3, -0.25) is 9.89 Å². The summed E-state index contributed by atoms with van der Waals surface area (Å²) in [7, 11) is 0. The Morgan fingerprint density at radius 2 is 2.24 bits per heavy atom. The molecule has 3 aromatic heterocycles. The highest BCUT2D eigenvalue weighted by atomic mass is 32.1. The van der Waals surface area contributed by atoms with E-state index in [1.54, 1.807) is 11.3 Å². The van der Waals surface area contributed by atoms with Crippen LogP contribution in [0.25, 0.3) is 5.78 Å². The van der Waals surface area contributed by atoms with Gasteiger partial charge in [0, 0.05) is 10.4 Å². The highest BCUT2D eigenvalue weighted by Gasteiger charge is 2.18. The van der Waals surface area contributed by atoms with Crippen molar-refractivity contribution in [3.8, 4) is 0 Å². The molecule has 3 heterocycles. The molecule has 2 N–H and O–H groups in total. The van der Waals surface area contributed by atoms with E-state index < -0.39 is 0 Å². The van der Waals surface area contributed by atoms with Gasteiger partial charge in [0.05, 0.1) is 12.2 Å². The fraction of sp³-hybridized carbons (Fsp3) is 0.357. The van der Waals surface area contributed by atoms with Gasteiger partial charge in [-0.2, -0.15) is 9.50 Å². The van der Waals surface area contributed by atoms with Gasteiger partial charge in [0.15, 0.2) is 0 Å². The number of nitrogens with zero attached hydrogens (tertiary/aromatic N) is 3. The Morgan fingerprint density at radius 3 is 3.10 bits per heavy atom. The number of fused-ring (bicyclic) bond motifs is 2. The van der Waals surface area contributed by atoms with Crippen LogP contribution in [0.3, 0.4) is 0 Å². The smallest absolute Gasteiger partial charge is 0.277 e. The average molecular weight is 301 g/mol. The van der Waals surface area contributed by atoms with Crippen LogP contribution in [0, 0.1) is 0 Å². The van der Waals surface area contributed by atoms with E-state index in [9.17, 15) is 4.79 Å². The highest BCUT2D eigenvalue weighted by molar-refractivity contribution is 7.09. The number of nitrogens with one attached hydrogen (secondary N) is 2. The number of aromatic nitrogens is 4. The fourth-order valence-corrected chi connectivity index (χ4v) is 3.35. The van der Waals surface area contributed by atoms with Crippen LogP contribution in [0.15, 0.2) is 22.3 Å². The maximum absolute atomic E-state index is 12.4. The average Bonchev–Trinajstić information content (AvgIpc) is 3.14. The number of rotatable bonds is 3. The topological polar surface area (TPSA) is 75.1 Å². The van der Waals surface area contributed by atoms with Crippen LogP contribution in [0.4, 0.5) is 5.95 Å². The molecule has 0 aromatic carbocycles. The minimum Gasteiger partial charge on any atom is -0.350 e. The molecule has 0 bridgehead atoms. The first-order chi connectivity index (χ1) is 10.3. The lowest BCUT2D eigenvalue weighted by Crippen LogP contribution is -2.25. The molecular weight excluding hydrogens is 286 g/mol. The van der Waals surface area contributed by atoms with Crippen molar-refractivity contribution in [2.45, 2.75) is 32.2 Å². The molecule has 6 nitrogen and oxygen atoms in total. The van der Waals surface area contributed by atoms with Crippen LogP contribution in [0.2, 0.25) is 0 Å². The summed E-state index contributed by atoms with van der Waals surface area (Å²) in [6, 6.07) is 4.07. The van der Waals surface area contributed by atoms with Crippen molar-refractivity contribution >= 4 is 23.1 Å². The van der Waals surface area contributed by atoms with Gasteiger partial charge < -0.3 is 5.32 Å².